The Hall–Kier alpha value is -1.26. The number of likely N-dealkylation sites (N-methyl/N-ethyl adjacent to an activating group) is 1. The third-order valence-electron chi connectivity index (χ3n) is 11.3. The molecule has 312 valence electrons. The first kappa shape index (κ1) is 47.9. The number of hydrogen-bond acceptors (Lipinski definition) is 9. The Morgan fingerprint density at radius 1 is 0.698 bits per heavy atom. The smallest absolute Gasteiger partial charge is 0.308 e. The average molecular weight is 752 g/mol. The van der Waals surface area contributed by atoms with Crippen molar-refractivity contribution in [3.8, 4) is 0 Å². The predicted molar refractivity (Wildman–Crippen MR) is 218 cm³/mol. The van der Waals surface area contributed by atoms with Crippen molar-refractivity contribution in [3.05, 3.63) is 0 Å². The largest absolute Gasteiger partial charge is 0.465 e. The van der Waals surface area contributed by atoms with Crippen LogP contribution in [-0.4, -0.2) is 119 Å². The molecule has 3 unspecified atom stereocenters. The lowest BCUT2D eigenvalue weighted by atomic mass is 9.94. The molecule has 0 aromatic rings. The summed E-state index contributed by atoms with van der Waals surface area (Å²) in [5.74, 6) is 0.0198. The summed E-state index contributed by atoms with van der Waals surface area (Å²) in [4.78, 5) is 33.1. The standard InChI is InChI=1S/C44H85N3O6/c1-5-7-9-11-12-18-26-40(25-17-10-8-6-2)44(49)51-38-24-16-15-21-31-46(32-22-23-33-47-36-34-45(3)35-37-47)30-20-14-13-19-27-42(48)53-43-29-28-41(52-43)39-50-4/h40-41,43H,5-39H2,1-4H3. The van der Waals surface area contributed by atoms with Crippen LogP contribution in [0.2, 0.25) is 0 Å². The summed E-state index contributed by atoms with van der Waals surface area (Å²) in [5.41, 5.74) is 0. The van der Waals surface area contributed by atoms with Crippen LogP contribution < -0.4 is 0 Å². The van der Waals surface area contributed by atoms with E-state index < -0.39 is 6.29 Å². The van der Waals surface area contributed by atoms with Crippen molar-refractivity contribution in [1.82, 2.24) is 14.7 Å². The van der Waals surface area contributed by atoms with E-state index in [0.717, 1.165) is 83.7 Å². The van der Waals surface area contributed by atoms with Gasteiger partial charge in [0.2, 0.25) is 6.29 Å². The Bertz CT molecular complexity index is 870. The summed E-state index contributed by atoms with van der Waals surface area (Å²) in [7, 11) is 3.89. The molecule has 0 aromatic heterocycles. The Balaban J connectivity index is 1.63. The van der Waals surface area contributed by atoms with Crippen molar-refractivity contribution >= 4 is 11.9 Å². The summed E-state index contributed by atoms with van der Waals surface area (Å²) in [5, 5.41) is 0. The second-order valence-corrected chi connectivity index (χ2v) is 16.3. The maximum atomic E-state index is 13.0. The number of piperazine rings is 1. The number of methoxy groups -OCH3 is 1. The number of carbonyl (C=O) groups excluding carboxylic acids is 2. The first-order valence-corrected chi connectivity index (χ1v) is 22.6. The molecule has 0 radical (unpaired) electrons. The molecule has 9 nitrogen and oxygen atoms in total. The molecule has 2 rings (SSSR count). The average Bonchev–Trinajstić information content (AvgIpc) is 3.60. The summed E-state index contributed by atoms with van der Waals surface area (Å²) in [6.45, 7) is 15.1. The maximum Gasteiger partial charge on any atom is 0.308 e. The van der Waals surface area contributed by atoms with E-state index in [1.807, 2.05) is 0 Å². The molecule has 0 aliphatic carbocycles. The van der Waals surface area contributed by atoms with Gasteiger partial charge in [0.1, 0.15) is 0 Å². The minimum Gasteiger partial charge on any atom is -0.465 e. The van der Waals surface area contributed by atoms with E-state index in [9.17, 15) is 9.59 Å². The van der Waals surface area contributed by atoms with Gasteiger partial charge in [-0.3, -0.25) is 9.59 Å². The molecule has 53 heavy (non-hydrogen) atoms. The summed E-state index contributed by atoms with van der Waals surface area (Å²) in [6.07, 6.45) is 27.5. The fourth-order valence-electron chi connectivity index (χ4n) is 7.76. The van der Waals surface area contributed by atoms with Crippen LogP contribution in [0.5, 0.6) is 0 Å². The molecular formula is C44H85N3O6. The molecule has 2 aliphatic heterocycles. The van der Waals surface area contributed by atoms with Gasteiger partial charge in [0.25, 0.3) is 0 Å². The van der Waals surface area contributed by atoms with Gasteiger partial charge >= 0.3 is 11.9 Å². The number of rotatable bonds is 35. The molecule has 0 aromatic carbocycles. The molecule has 2 fully saturated rings. The van der Waals surface area contributed by atoms with Gasteiger partial charge in [0, 0.05) is 46.1 Å². The van der Waals surface area contributed by atoms with Crippen molar-refractivity contribution in [1.29, 1.82) is 0 Å². The van der Waals surface area contributed by atoms with E-state index in [4.69, 9.17) is 18.9 Å². The van der Waals surface area contributed by atoms with Gasteiger partial charge < -0.3 is 33.6 Å². The molecule has 0 saturated carbocycles. The van der Waals surface area contributed by atoms with Crippen molar-refractivity contribution < 1.29 is 28.5 Å². The molecule has 0 spiro atoms. The van der Waals surface area contributed by atoms with Gasteiger partial charge in [-0.15, -0.1) is 0 Å². The molecular weight excluding hydrogens is 666 g/mol. The van der Waals surface area contributed by atoms with Crippen molar-refractivity contribution in [2.75, 3.05) is 79.7 Å². The quantitative estimate of drug-likeness (QED) is 0.0465. The number of carbonyl (C=O) groups is 2. The zero-order valence-electron chi connectivity index (χ0n) is 35.3. The van der Waals surface area contributed by atoms with E-state index in [0.29, 0.717) is 19.6 Å². The molecule has 2 aliphatic rings. The molecule has 2 heterocycles. The summed E-state index contributed by atoms with van der Waals surface area (Å²) in [6, 6.07) is 0. The van der Waals surface area contributed by atoms with Crippen molar-refractivity contribution in [3.63, 3.8) is 0 Å². The third-order valence-corrected chi connectivity index (χ3v) is 11.3. The van der Waals surface area contributed by atoms with Crippen LogP contribution in [0.4, 0.5) is 0 Å². The van der Waals surface area contributed by atoms with Crippen LogP contribution >= 0.6 is 0 Å². The van der Waals surface area contributed by atoms with Crippen LogP contribution in [0, 0.1) is 5.92 Å². The van der Waals surface area contributed by atoms with Crippen molar-refractivity contribution in [2.24, 2.45) is 5.92 Å². The van der Waals surface area contributed by atoms with Gasteiger partial charge in [-0.05, 0) is 91.0 Å². The highest BCUT2D eigenvalue weighted by Gasteiger charge is 2.28. The lowest BCUT2D eigenvalue weighted by Crippen LogP contribution is -2.44. The SMILES string of the molecule is CCCCCCCCC(CCCCCC)C(=O)OCCCCCCN(CCCCCCC(=O)OC1CCC(COC)O1)CCCCN1CCN(C)CC1. The van der Waals surface area contributed by atoms with E-state index in [1.165, 1.54) is 123 Å². The Morgan fingerprint density at radius 3 is 1.92 bits per heavy atom. The zero-order valence-corrected chi connectivity index (χ0v) is 35.3. The minimum absolute atomic E-state index is 0.0411. The first-order chi connectivity index (χ1) is 25.9. The van der Waals surface area contributed by atoms with Crippen LogP contribution in [0.1, 0.15) is 174 Å². The number of nitrogens with zero attached hydrogens (tertiary/aromatic N) is 3. The van der Waals surface area contributed by atoms with Gasteiger partial charge in [-0.25, -0.2) is 0 Å². The first-order valence-electron chi connectivity index (χ1n) is 22.6. The molecule has 0 bridgehead atoms. The minimum atomic E-state index is -0.403. The highest BCUT2D eigenvalue weighted by atomic mass is 16.7. The van der Waals surface area contributed by atoms with Crippen LogP contribution in [0.25, 0.3) is 0 Å². The third kappa shape index (κ3) is 25.5. The van der Waals surface area contributed by atoms with Crippen LogP contribution in [0.15, 0.2) is 0 Å². The normalized spacial score (nSPS) is 18.9. The van der Waals surface area contributed by atoms with Crippen LogP contribution in [-0.2, 0) is 28.5 Å². The second-order valence-electron chi connectivity index (χ2n) is 16.3. The fourth-order valence-corrected chi connectivity index (χ4v) is 7.76. The van der Waals surface area contributed by atoms with Gasteiger partial charge in [0.15, 0.2) is 0 Å². The molecule has 9 heteroatoms. The van der Waals surface area contributed by atoms with E-state index >= 15 is 0 Å². The van der Waals surface area contributed by atoms with E-state index in [2.05, 4.69) is 35.6 Å². The Labute approximate surface area is 326 Å². The lowest BCUT2D eigenvalue weighted by molar-refractivity contribution is -0.177. The highest BCUT2D eigenvalue weighted by molar-refractivity contribution is 5.72. The number of hydrogen-bond donors (Lipinski definition) is 0. The monoisotopic (exact) mass is 752 g/mol. The van der Waals surface area contributed by atoms with E-state index in [1.54, 1.807) is 7.11 Å². The molecule has 2 saturated heterocycles. The molecule has 0 amide bonds. The number of ether oxygens (including phenoxy) is 4. The van der Waals surface area contributed by atoms with Gasteiger partial charge in [-0.2, -0.15) is 0 Å². The summed E-state index contributed by atoms with van der Waals surface area (Å²) < 4.78 is 22.3. The van der Waals surface area contributed by atoms with Crippen molar-refractivity contribution in [2.45, 2.75) is 187 Å². The highest BCUT2D eigenvalue weighted by Crippen LogP contribution is 2.22. The Morgan fingerprint density at radius 2 is 1.26 bits per heavy atom. The predicted octanol–water partition coefficient (Wildman–Crippen LogP) is 9.40. The molecule has 0 N–H and O–H groups in total. The Kier molecular flexibility index (Phi) is 29.8. The second kappa shape index (κ2) is 32.9. The molecule has 3 atom stereocenters. The zero-order chi connectivity index (χ0) is 38.2. The maximum absolute atomic E-state index is 13.0. The van der Waals surface area contributed by atoms with Gasteiger partial charge in [-0.1, -0.05) is 104 Å². The van der Waals surface area contributed by atoms with Crippen LogP contribution in [0.3, 0.4) is 0 Å². The summed E-state index contributed by atoms with van der Waals surface area (Å²) >= 11 is 0. The fraction of sp³-hybridized carbons (Fsp3) is 0.955. The topological polar surface area (TPSA) is 80.8 Å². The van der Waals surface area contributed by atoms with E-state index in [-0.39, 0.29) is 24.0 Å². The number of unbranched alkanes of at least 4 members (excludes halogenated alkanes) is 15. The lowest BCUT2D eigenvalue weighted by Gasteiger charge is -2.32. The van der Waals surface area contributed by atoms with Gasteiger partial charge in [0.05, 0.1) is 25.2 Å². The number of esters is 2.